The number of aryl methyl sites for hydroxylation is 1. The average Bonchev–Trinajstić information content (AvgIpc) is 2.69. The van der Waals surface area contributed by atoms with E-state index in [9.17, 15) is 13.2 Å². The summed E-state index contributed by atoms with van der Waals surface area (Å²) in [5.74, 6) is 0.445. The minimum absolute atomic E-state index is 0.0289. The van der Waals surface area contributed by atoms with Crippen molar-refractivity contribution in [2.75, 3.05) is 25.1 Å². The highest BCUT2D eigenvalue weighted by Gasteiger charge is 2.31. The highest BCUT2D eigenvalue weighted by molar-refractivity contribution is 7.91. The Balaban J connectivity index is 2.00. The van der Waals surface area contributed by atoms with Crippen LogP contribution in [0.5, 0.6) is 0 Å². The molecule has 1 heterocycles. The van der Waals surface area contributed by atoms with E-state index in [0.717, 1.165) is 5.56 Å². The molecule has 1 aromatic rings. The lowest BCUT2D eigenvalue weighted by Gasteiger charge is -2.22. The molecule has 1 saturated heterocycles. The first-order valence-electron chi connectivity index (χ1n) is 6.38. The van der Waals surface area contributed by atoms with Gasteiger partial charge in [0.25, 0.3) is 0 Å². The third-order valence-electron chi connectivity index (χ3n) is 3.56. The predicted octanol–water partition coefficient (Wildman–Crippen LogP) is 1.30. The van der Waals surface area contributed by atoms with Crippen molar-refractivity contribution in [3.05, 3.63) is 35.4 Å². The standard InChI is InChI=1S/C14H19NO3S/c1-11-4-3-5-12(8-11)14(16)9-15(2)13-6-7-19(17,18)10-13/h3-5,8,13H,6-7,9-10H2,1-2H3. The molecular weight excluding hydrogens is 262 g/mol. The Morgan fingerprint density at radius 3 is 2.74 bits per heavy atom. The summed E-state index contributed by atoms with van der Waals surface area (Å²) in [5.41, 5.74) is 1.74. The van der Waals surface area contributed by atoms with Gasteiger partial charge in [0.2, 0.25) is 0 Å². The number of rotatable bonds is 4. The van der Waals surface area contributed by atoms with Gasteiger partial charge in [0, 0.05) is 11.6 Å². The fourth-order valence-electron chi connectivity index (χ4n) is 2.39. The van der Waals surface area contributed by atoms with Crippen LogP contribution in [0.4, 0.5) is 0 Å². The molecule has 0 aliphatic carbocycles. The van der Waals surface area contributed by atoms with Crippen LogP contribution < -0.4 is 0 Å². The number of Topliss-reactive ketones (excluding diaryl/α,β-unsaturated/α-hetero) is 1. The summed E-state index contributed by atoms with van der Waals surface area (Å²) in [4.78, 5) is 14.0. The maximum Gasteiger partial charge on any atom is 0.176 e. The van der Waals surface area contributed by atoms with Crippen LogP contribution in [0.3, 0.4) is 0 Å². The maximum atomic E-state index is 12.1. The van der Waals surface area contributed by atoms with Crippen LogP contribution in [0.1, 0.15) is 22.3 Å². The van der Waals surface area contributed by atoms with Crippen molar-refractivity contribution in [1.29, 1.82) is 0 Å². The summed E-state index contributed by atoms with van der Waals surface area (Å²) in [6, 6.07) is 7.45. The van der Waals surface area contributed by atoms with Crippen LogP contribution in [0.25, 0.3) is 0 Å². The van der Waals surface area contributed by atoms with Gasteiger partial charge < -0.3 is 0 Å². The number of hydrogen-bond acceptors (Lipinski definition) is 4. The van der Waals surface area contributed by atoms with E-state index in [1.54, 1.807) is 6.07 Å². The number of hydrogen-bond donors (Lipinski definition) is 0. The number of ketones is 1. The van der Waals surface area contributed by atoms with Crippen LogP contribution in [-0.4, -0.2) is 50.2 Å². The fraction of sp³-hybridized carbons (Fsp3) is 0.500. The maximum absolute atomic E-state index is 12.1. The summed E-state index contributed by atoms with van der Waals surface area (Å²) in [7, 11) is -1.08. The van der Waals surface area contributed by atoms with E-state index in [0.29, 0.717) is 12.0 Å². The Labute approximate surface area is 114 Å². The SMILES string of the molecule is Cc1cccc(C(=O)CN(C)C2CCS(=O)(=O)C2)c1. The molecule has 1 atom stereocenters. The lowest BCUT2D eigenvalue weighted by atomic mass is 10.1. The van der Waals surface area contributed by atoms with Crippen molar-refractivity contribution in [3.8, 4) is 0 Å². The Kier molecular flexibility index (Phi) is 4.06. The summed E-state index contributed by atoms with van der Waals surface area (Å²) in [5, 5.41) is 0. The zero-order chi connectivity index (χ0) is 14.0. The quantitative estimate of drug-likeness (QED) is 0.781. The normalized spacial score (nSPS) is 21.7. The lowest BCUT2D eigenvalue weighted by Crippen LogP contribution is -2.36. The Morgan fingerprint density at radius 2 is 2.16 bits per heavy atom. The molecule has 0 radical (unpaired) electrons. The molecule has 1 aliphatic rings. The number of nitrogens with zero attached hydrogens (tertiary/aromatic N) is 1. The van der Waals surface area contributed by atoms with Crippen molar-refractivity contribution in [2.24, 2.45) is 0 Å². The van der Waals surface area contributed by atoms with Gasteiger partial charge in [0.15, 0.2) is 15.6 Å². The highest BCUT2D eigenvalue weighted by Crippen LogP contribution is 2.17. The van der Waals surface area contributed by atoms with E-state index in [-0.39, 0.29) is 29.9 Å². The van der Waals surface area contributed by atoms with E-state index in [1.807, 2.05) is 37.1 Å². The molecule has 4 nitrogen and oxygen atoms in total. The first-order valence-corrected chi connectivity index (χ1v) is 8.20. The molecular formula is C14H19NO3S. The topological polar surface area (TPSA) is 54.5 Å². The second kappa shape index (κ2) is 5.43. The molecule has 1 unspecified atom stereocenters. The van der Waals surface area contributed by atoms with Gasteiger partial charge in [-0.25, -0.2) is 8.42 Å². The molecule has 0 aromatic heterocycles. The first kappa shape index (κ1) is 14.2. The van der Waals surface area contributed by atoms with E-state index in [4.69, 9.17) is 0 Å². The third-order valence-corrected chi connectivity index (χ3v) is 5.32. The lowest BCUT2D eigenvalue weighted by molar-refractivity contribution is 0.0926. The highest BCUT2D eigenvalue weighted by atomic mass is 32.2. The summed E-state index contributed by atoms with van der Waals surface area (Å²) in [6.07, 6.45) is 0.625. The molecule has 0 spiro atoms. The second-order valence-corrected chi connectivity index (χ2v) is 7.49. The van der Waals surface area contributed by atoms with Gasteiger partial charge in [-0.05, 0) is 26.5 Å². The van der Waals surface area contributed by atoms with E-state index in [1.165, 1.54) is 0 Å². The number of sulfone groups is 1. The van der Waals surface area contributed by atoms with Gasteiger partial charge in [0.05, 0.1) is 18.1 Å². The van der Waals surface area contributed by atoms with Crippen molar-refractivity contribution in [3.63, 3.8) is 0 Å². The molecule has 19 heavy (non-hydrogen) atoms. The smallest absolute Gasteiger partial charge is 0.176 e. The summed E-state index contributed by atoms with van der Waals surface area (Å²) in [6.45, 7) is 2.22. The van der Waals surface area contributed by atoms with Gasteiger partial charge in [0.1, 0.15) is 0 Å². The zero-order valence-electron chi connectivity index (χ0n) is 11.3. The minimum atomic E-state index is -2.90. The van der Waals surface area contributed by atoms with E-state index < -0.39 is 9.84 Å². The van der Waals surface area contributed by atoms with Gasteiger partial charge in [-0.3, -0.25) is 9.69 Å². The predicted molar refractivity (Wildman–Crippen MR) is 75.2 cm³/mol. The number of benzene rings is 1. The molecule has 0 bridgehead atoms. The van der Waals surface area contributed by atoms with Crippen molar-refractivity contribution in [2.45, 2.75) is 19.4 Å². The van der Waals surface area contributed by atoms with Gasteiger partial charge >= 0.3 is 0 Å². The second-order valence-electron chi connectivity index (χ2n) is 5.26. The summed E-state index contributed by atoms with van der Waals surface area (Å²) >= 11 is 0. The van der Waals surface area contributed by atoms with E-state index in [2.05, 4.69) is 0 Å². The molecule has 1 fully saturated rings. The average molecular weight is 281 g/mol. The number of carbonyl (C=O) groups is 1. The van der Waals surface area contributed by atoms with Crippen molar-refractivity contribution in [1.82, 2.24) is 4.90 Å². The number of likely N-dealkylation sites (N-methyl/N-ethyl adjacent to an activating group) is 1. The van der Waals surface area contributed by atoms with Crippen LogP contribution >= 0.6 is 0 Å². The summed E-state index contributed by atoms with van der Waals surface area (Å²) < 4.78 is 22.9. The Bertz CT molecular complexity index is 580. The molecule has 1 aromatic carbocycles. The molecule has 2 rings (SSSR count). The third kappa shape index (κ3) is 3.64. The minimum Gasteiger partial charge on any atom is -0.295 e. The zero-order valence-corrected chi connectivity index (χ0v) is 12.1. The van der Waals surface area contributed by atoms with Crippen LogP contribution in [0.15, 0.2) is 24.3 Å². The first-order chi connectivity index (χ1) is 8.87. The van der Waals surface area contributed by atoms with Crippen LogP contribution in [-0.2, 0) is 9.84 Å². The molecule has 0 saturated carbocycles. The fourth-order valence-corrected chi connectivity index (χ4v) is 4.19. The number of carbonyl (C=O) groups excluding carboxylic acids is 1. The monoisotopic (exact) mass is 281 g/mol. The largest absolute Gasteiger partial charge is 0.295 e. The molecule has 1 aliphatic heterocycles. The van der Waals surface area contributed by atoms with Gasteiger partial charge in [-0.15, -0.1) is 0 Å². The van der Waals surface area contributed by atoms with Crippen molar-refractivity contribution < 1.29 is 13.2 Å². The molecule has 0 amide bonds. The van der Waals surface area contributed by atoms with Crippen LogP contribution in [0.2, 0.25) is 0 Å². The van der Waals surface area contributed by atoms with Gasteiger partial charge in [-0.2, -0.15) is 0 Å². The Hall–Kier alpha value is -1.20. The molecule has 104 valence electrons. The van der Waals surface area contributed by atoms with Gasteiger partial charge in [-0.1, -0.05) is 23.8 Å². The van der Waals surface area contributed by atoms with Crippen molar-refractivity contribution >= 4 is 15.6 Å². The molecule has 0 N–H and O–H groups in total. The van der Waals surface area contributed by atoms with Crippen LogP contribution in [0, 0.1) is 6.92 Å². The van der Waals surface area contributed by atoms with E-state index >= 15 is 0 Å². The Morgan fingerprint density at radius 1 is 1.42 bits per heavy atom. The molecule has 5 heteroatoms.